The molecule has 2 aromatic heterocycles. The number of amides is 2. The van der Waals surface area contributed by atoms with Gasteiger partial charge in [0.1, 0.15) is 23.5 Å². The first-order valence-electron chi connectivity index (χ1n) is 13.8. The van der Waals surface area contributed by atoms with Gasteiger partial charge in [-0.05, 0) is 6.54 Å². The fraction of sp³-hybridized carbons (Fsp3) is 0.565. The van der Waals surface area contributed by atoms with Crippen molar-refractivity contribution >= 4 is 56.2 Å². The maximum Gasteiger partial charge on any atom is 0.362 e. The first-order valence-corrected chi connectivity index (χ1v) is 16.1. The Labute approximate surface area is 261 Å². The molecule has 4 heterocycles. The maximum absolute atomic E-state index is 13.2. The van der Waals surface area contributed by atoms with Crippen LogP contribution in [0, 0.1) is 5.92 Å². The summed E-state index contributed by atoms with van der Waals surface area (Å²) in [7, 11) is -5.02. The van der Waals surface area contributed by atoms with E-state index in [9.17, 15) is 32.5 Å². The third-order valence-corrected chi connectivity index (χ3v) is 8.66. The molecular weight excluding hydrogens is 636 g/mol. The zero-order chi connectivity index (χ0) is 33.1. The number of aliphatic imine (C=N–C) groups is 1. The molecule has 2 saturated heterocycles. The highest BCUT2D eigenvalue weighted by molar-refractivity contribution is 7.84. The highest BCUT2D eigenvalue weighted by atomic mass is 32.2. The summed E-state index contributed by atoms with van der Waals surface area (Å²) in [5.41, 5.74) is 15.5. The molecule has 1 saturated carbocycles. The second kappa shape index (κ2) is 13.3. The first-order chi connectivity index (χ1) is 21.3. The number of carboxylic acid groups (broad SMARTS) is 1. The van der Waals surface area contributed by atoms with Crippen molar-refractivity contribution < 1.29 is 37.3 Å². The molecule has 3 aliphatic rings. The summed E-state index contributed by atoms with van der Waals surface area (Å²) in [5, 5.41) is 25.1. The van der Waals surface area contributed by atoms with E-state index >= 15 is 0 Å². The molecule has 0 unspecified atom stereocenters. The zero-order valence-electron chi connectivity index (χ0n) is 24.3. The van der Waals surface area contributed by atoms with Gasteiger partial charge in [0.25, 0.3) is 11.8 Å². The summed E-state index contributed by atoms with van der Waals surface area (Å²) in [6, 6.07) is -2.82. The van der Waals surface area contributed by atoms with Crippen molar-refractivity contribution in [3.8, 4) is 0 Å². The van der Waals surface area contributed by atoms with E-state index in [2.05, 4.69) is 30.6 Å². The van der Waals surface area contributed by atoms with Gasteiger partial charge in [-0.15, -0.1) is 11.3 Å². The van der Waals surface area contributed by atoms with Crippen LogP contribution in [0.3, 0.4) is 0 Å². The standard InChI is InChI=1S/C21H28N12O8S2.C2H6/c22-3-10-6-31(7-10)19(23)25-4-11-5-26-32(29-11)8-13-15(17(35)33(13)43(38,39)40)28-16(34)14(12-9-42-20(24)27-12)30-41-21(1-2-21)18(36)37;1-2/h5,9-10,13,15H,1-4,6-8,22H2,(H2,23,25)(H2,24,27)(H,28,34)(H,36,37)(H,38,39,40);1-2H3/b30-14-;/t13-,15+;/m1./s1. The lowest BCUT2D eigenvalue weighted by molar-refractivity contribution is -0.153. The van der Waals surface area contributed by atoms with E-state index in [4.69, 9.17) is 22.0 Å². The van der Waals surface area contributed by atoms with Crippen LogP contribution in [0.2, 0.25) is 0 Å². The zero-order valence-corrected chi connectivity index (χ0v) is 25.9. The molecule has 3 fully saturated rings. The van der Waals surface area contributed by atoms with Crippen molar-refractivity contribution in [1.29, 1.82) is 0 Å². The topological polar surface area (TPSA) is 300 Å². The first kappa shape index (κ1) is 33.5. The minimum atomic E-state index is -5.02. The molecule has 2 aromatic rings. The third kappa shape index (κ3) is 7.29. The summed E-state index contributed by atoms with van der Waals surface area (Å²) in [6.45, 7) is 5.66. The molecule has 1 aliphatic carbocycles. The smallest absolute Gasteiger partial charge is 0.362 e. The summed E-state index contributed by atoms with van der Waals surface area (Å²) >= 11 is 0.968. The third-order valence-electron chi connectivity index (χ3n) is 7.04. The van der Waals surface area contributed by atoms with Gasteiger partial charge in [0.2, 0.25) is 5.60 Å². The van der Waals surface area contributed by atoms with Crippen molar-refractivity contribution in [2.75, 3.05) is 25.4 Å². The molecule has 9 N–H and O–H groups in total. The summed E-state index contributed by atoms with van der Waals surface area (Å²) in [6.07, 6.45) is 1.69. The lowest BCUT2D eigenvalue weighted by Crippen LogP contribution is -2.73. The van der Waals surface area contributed by atoms with E-state index in [-0.39, 0.29) is 41.1 Å². The van der Waals surface area contributed by atoms with Crippen LogP contribution in [0.1, 0.15) is 38.1 Å². The van der Waals surface area contributed by atoms with Gasteiger partial charge in [0.15, 0.2) is 16.8 Å². The van der Waals surface area contributed by atoms with Crippen LogP contribution in [-0.2, 0) is 42.6 Å². The van der Waals surface area contributed by atoms with Crippen LogP contribution in [-0.4, -0.2) is 114 Å². The normalized spacial score (nSPS) is 21.3. The number of nitrogen functional groups attached to an aromatic ring is 1. The number of nitrogens with two attached hydrogens (primary N) is 3. The van der Waals surface area contributed by atoms with Gasteiger partial charge in [-0.2, -0.15) is 23.4 Å². The molecule has 22 heteroatoms. The van der Waals surface area contributed by atoms with Gasteiger partial charge in [0, 0.05) is 37.2 Å². The van der Waals surface area contributed by atoms with Crippen LogP contribution in [0.15, 0.2) is 21.7 Å². The van der Waals surface area contributed by atoms with E-state index in [1.54, 1.807) is 0 Å². The minimum Gasteiger partial charge on any atom is -0.478 e. The van der Waals surface area contributed by atoms with E-state index < -0.39 is 51.5 Å². The Bertz CT molecular complexity index is 1600. The number of nitrogens with zero attached hydrogens (tertiary/aromatic N) is 8. The molecule has 2 atom stereocenters. The Morgan fingerprint density at radius 3 is 2.53 bits per heavy atom. The van der Waals surface area contributed by atoms with Gasteiger partial charge < -0.3 is 37.4 Å². The lowest BCUT2D eigenvalue weighted by Gasteiger charge is -2.43. The number of guanidine groups is 1. The number of hydrogen-bond acceptors (Lipinski definition) is 14. The molecule has 5 rings (SSSR count). The number of aliphatic carboxylic acids is 1. The van der Waals surface area contributed by atoms with Gasteiger partial charge in [-0.1, -0.05) is 19.0 Å². The quantitative estimate of drug-likeness (QED) is 0.0450. The van der Waals surface area contributed by atoms with E-state index in [1.807, 2.05) is 18.7 Å². The fourth-order valence-electron chi connectivity index (χ4n) is 4.37. The van der Waals surface area contributed by atoms with Crippen LogP contribution in [0.4, 0.5) is 5.13 Å². The molecule has 0 aromatic carbocycles. The lowest BCUT2D eigenvalue weighted by atomic mass is 9.98. The summed E-state index contributed by atoms with van der Waals surface area (Å²) < 4.78 is 33.7. The van der Waals surface area contributed by atoms with E-state index in [0.717, 1.165) is 16.1 Å². The molecule has 2 amide bonds. The molecule has 246 valence electrons. The van der Waals surface area contributed by atoms with Crippen LogP contribution >= 0.6 is 11.3 Å². The number of carbonyl (C=O) groups is 3. The number of nitrogens with one attached hydrogen (secondary N) is 1. The summed E-state index contributed by atoms with van der Waals surface area (Å²) in [5.74, 6) is -2.78. The number of thiazole rings is 1. The number of carboxylic acids is 1. The predicted molar refractivity (Wildman–Crippen MR) is 159 cm³/mol. The van der Waals surface area contributed by atoms with E-state index in [1.165, 1.54) is 11.6 Å². The largest absolute Gasteiger partial charge is 0.478 e. The highest BCUT2D eigenvalue weighted by Crippen LogP contribution is 2.40. The van der Waals surface area contributed by atoms with Crippen molar-refractivity contribution in [2.24, 2.45) is 27.5 Å². The highest BCUT2D eigenvalue weighted by Gasteiger charge is 2.56. The number of rotatable bonds is 12. The second-order valence-corrected chi connectivity index (χ2v) is 12.3. The van der Waals surface area contributed by atoms with Crippen molar-refractivity contribution in [3.05, 3.63) is 23.0 Å². The molecular formula is C23H34N12O8S2. The molecule has 2 aliphatic heterocycles. The number of anilines is 1. The number of aromatic nitrogens is 4. The fourth-order valence-corrected chi connectivity index (χ4v) is 5.79. The van der Waals surface area contributed by atoms with Crippen LogP contribution < -0.4 is 22.5 Å². The number of carbonyl (C=O) groups excluding carboxylic acids is 2. The molecule has 45 heavy (non-hydrogen) atoms. The Kier molecular flexibility index (Phi) is 9.89. The van der Waals surface area contributed by atoms with Gasteiger partial charge in [-0.3, -0.25) is 14.1 Å². The number of hydrogen-bond donors (Lipinski definition) is 6. The Balaban J connectivity index is 0.00000226. The van der Waals surface area contributed by atoms with Crippen molar-refractivity contribution in [3.63, 3.8) is 0 Å². The molecule has 20 nitrogen and oxygen atoms in total. The van der Waals surface area contributed by atoms with Crippen molar-refractivity contribution in [2.45, 2.75) is 57.5 Å². The summed E-state index contributed by atoms with van der Waals surface area (Å²) in [4.78, 5) is 53.8. The van der Waals surface area contributed by atoms with E-state index in [0.29, 0.717) is 37.2 Å². The number of likely N-dealkylation sites (tertiary alicyclic amines) is 1. The SMILES string of the molecule is CC.NCC1CN(C(N)=NCc2cnn(C[C@@H]3[C@H](NC(=O)/C(=N\OC4(C(=O)O)CC4)c4csc(N)n4)C(=O)N3S(=O)(=O)O)n2)C1. The second-order valence-electron chi connectivity index (χ2n) is 10.1. The number of oxime groups is 1. The number of β-lactam (4-membered cyclic amide) rings is 1. The Morgan fingerprint density at radius 1 is 1.29 bits per heavy atom. The van der Waals surface area contributed by atoms with Crippen LogP contribution in [0.25, 0.3) is 0 Å². The van der Waals surface area contributed by atoms with Gasteiger partial charge in [0.05, 0.1) is 19.3 Å². The molecule has 0 spiro atoms. The van der Waals surface area contributed by atoms with Crippen molar-refractivity contribution in [1.82, 2.24) is 34.5 Å². The van der Waals surface area contributed by atoms with Gasteiger partial charge >= 0.3 is 16.3 Å². The van der Waals surface area contributed by atoms with Crippen LogP contribution in [0.5, 0.6) is 0 Å². The minimum absolute atomic E-state index is 0.0638. The Morgan fingerprint density at radius 2 is 1.98 bits per heavy atom. The Hall–Kier alpha value is -4.41. The predicted octanol–water partition coefficient (Wildman–Crippen LogP) is -2.42. The van der Waals surface area contributed by atoms with Gasteiger partial charge in [-0.25, -0.2) is 19.1 Å². The monoisotopic (exact) mass is 670 g/mol. The average molecular weight is 671 g/mol. The average Bonchev–Trinajstić information content (AvgIpc) is 3.43. The maximum atomic E-state index is 13.2. The molecule has 0 radical (unpaired) electrons. The molecule has 0 bridgehead atoms.